The summed E-state index contributed by atoms with van der Waals surface area (Å²) in [6, 6.07) is 8.47. The molecule has 0 atom stereocenters. The van der Waals surface area contributed by atoms with Crippen molar-refractivity contribution in [2.24, 2.45) is 12.8 Å². The maximum Gasteiger partial charge on any atom is 0.0481 e. The average molecular weight is 231 g/mol. The minimum Gasteiger partial charge on any atom is -0.350 e. The van der Waals surface area contributed by atoms with Gasteiger partial charge < -0.3 is 15.6 Å². The van der Waals surface area contributed by atoms with Crippen LogP contribution in [0.1, 0.15) is 19.4 Å². The number of fused-ring (bicyclic) bond motifs is 1. The van der Waals surface area contributed by atoms with E-state index >= 15 is 0 Å². The van der Waals surface area contributed by atoms with Crippen molar-refractivity contribution >= 4 is 10.9 Å². The molecule has 0 aliphatic heterocycles. The van der Waals surface area contributed by atoms with Gasteiger partial charge in [0.15, 0.2) is 0 Å². The standard InChI is InChI=1S/C14H21N3/c1-14(2,15)10-16-8-11-9-17(3)13-7-5-4-6-12(11)13/h4-7,9,16H,8,10,15H2,1-3H3. The molecule has 92 valence electrons. The van der Waals surface area contributed by atoms with E-state index in [1.54, 1.807) is 0 Å². The molecule has 0 fully saturated rings. The fourth-order valence-electron chi connectivity index (χ4n) is 2.09. The summed E-state index contributed by atoms with van der Waals surface area (Å²) in [5.74, 6) is 0. The zero-order chi connectivity index (χ0) is 12.5. The van der Waals surface area contributed by atoms with Crippen LogP contribution < -0.4 is 11.1 Å². The molecule has 0 saturated carbocycles. The molecule has 3 N–H and O–H groups in total. The number of benzene rings is 1. The van der Waals surface area contributed by atoms with E-state index in [2.05, 4.69) is 47.4 Å². The maximum absolute atomic E-state index is 5.95. The van der Waals surface area contributed by atoms with E-state index in [4.69, 9.17) is 5.73 Å². The summed E-state index contributed by atoms with van der Waals surface area (Å²) in [6.07, 6.45) is 2.18. The van der Waals surface area contributed by atoms with Crippen LogP contribution in [0.15, 0.2) is 30.5 Å². The Morgan fingerprint density at radius 1 is 1.29 bits per heavy atom. The Morgan fingerprint density at radius 3 is 2.71 bits per heavy atom. The van der Waals surface area contributed by atoms with Crippen LogP contribution in [0.25, 0.3) is 10.9 Å². The van der Waals surface area contributed by atoms with Crippen molar-refractivity contribution in [3.05, 3.63) is 36.0 Å². The Kier molecular flexibility index (Phi) is 3.22. The third-order valence-electron chi connectivity index (χ3n) is 2.88. The fourth-order valence-corrected chi connectivity index (χ4v) is 2.09. The largest absolute Gasteiger partial charge is 0.350 e. The second-order valence-electron chi connectivity index (χ2n) is 5.37. The summed E-state index contributed by atoms with van der Waals surface area (Å²) < 4.78 is 2.17. The Hall–Kier alpha value is -1.32. The second-order valence-corrected chi connectivity index (χ2v) is 5.37. The zero-order valence-corrected chi connectivity index (χ0v) is 10.8. The summed E-state index contributed by atoms with van der Waals surface area (Å²) in [6.45, 7) is 5.74. The third kappa shape index (κ3) is 2.87. The van der Waals surface area contributed by atoms with E-state index in [1.165, 1.54) is 16.5 Å². The van der Waals surface area contributed by atoms with Crippen LogP contribution >= 0.6 is 0 Å². The van der Waals surface area contributed by atoms with Crippen LogP contribution in [0.5, 0.6) is 0 Å². The van der Waals surface area contributed by atoms with Gasteiger partial charge in [-0.25, -0.2) is 0 Å². The Morgan fingerprint density at radius 2 is 2.00 bits per heavy atom. The molecule has 0 amide bonds. The number of rotatable bonds is 4. The molecule has 3 heteroatoms. The second kappa shape index (κ2) is 4.51. The predicted molar refractivity (Wildman–Crippen MR) is 72.9 cm³/mol. The van der Waals surface area contributed by atoms with E-state index in [-0.39, 0.29) is 5.54 Å². The lowest BCUT2D eigenvalue weighted by Crippen LogP contribution is -2.42. The highest BCUT2D eigenvalue weighted by Crippen LogP contribution is 2.19. The topological polar surface area (TPSA) is 43.0 Å². The van der Waals surface area contributed by atoms with Gasteiger partial charge in [0.05, 0.1) is 0 Å². The number of nitrogens with zero attached hydrogens (tertiary/aromatic N) is 1. The van der Waals surface area contributed by atoms with Gasteiger partial charge in [0.1, 0.15) is 0 Å². The monoisotopic (exact) mass is 231 g/mol. The number of aryl methyl sites for hydroxylation is 1. The van der Waals surface area contributed by atoms with Gasteiger partial charge in [-0.3, -0.25) is 0 Å². The first-order chi connectivity index (χ1) is 7.97. The van der Waals surface area contributed by atoms with E-state index < -0.39 is 0 Å². The van der Waals surface area contributed by atoms with Crippen LogP contribution in [0.4, 0.5) is 0 Å². The summed E-state index contributed by atoms with van der Waals surface area (Å²) >= 11 is 0. The summed E-state index contributed by atoms with van der Waals surface area (Å²) in [4.78, 5) is 0. The number of aromatic nitrogens is 1. The highest BCUT2D eigenvalue weighted by atomic mass is 14.9. The number of nitrogens with two attached hydrogens (primary N) is 1. The normalized spacial score (nSPS) is 12.2. The van der Waals surface area contributed by atoms with Crippen LogP contribution in [0.2, 0.25) is 0 Å². The lowest BCUT2D eigenvalue weighted by molar-refractivity contribution is 0.467. The Labute approximate surface area is 103 Å². The summed E-state index contributed by atoms with van der Waals surface area (Å²) in [5, 5.41) is 4.73. The van der Waals surface area contributed by atoms with Crippen molar-refractivity contribution in [2.45, 2.75) is 25.9 Å². The van der Waals surface area contributed by atoms with Crippen LogP contribution in [0.3, 0.4) is 0 Å². The van der Waals surface area contributed by atoms with Gasteiger partial charge in [-0.1, -0.05) is 18.2 Å². The number of hydrogen-bond donors (Lipinski definition) is 2. The maximum atomic E-state index is 5.95. The van der Waals surface area contributed by atoms with Crippen molar-refractivity contribution in [2.75, 3.05) is 6.54 Å². The average Bonchev–Trinajstić information content (AvgIpc) is 2.55. The molecule has 3 nitrogen and oxygen atoms in total. The first-order valence-corrected chi connectivity index (χ1v) is 6.00. The van der Waals surface area contributed by atoms with Crippen LogP contribution in [0, 0.1) is 0 Å². The Bertz CT molecular complexity index is 506. The quantitative estimate of drug-likeness (QED) is 0.845. The molecule has 0 spiro atoms. The van der Waals surface area contributed by atoms with Crippen molar-refractivity contribution in [3.63, 3.8) is 0 Å². The van der Waals surface area contributed by atoms with E-state index in [9.17, 15) is 0 Å². The van der Waals surface area contributed by atoms with Crippen LogP contribution in [-0.4, -0.2) is 16.7 Å². The SMILES string of the molecule is Cn1cc(CNCC(C)(C)N)c2ccccc21. The molecular weight excluding hydrogens is 210 g/mol. The van der Waals surface area contributed by atoms with Crippen molar-refractivity contribution in [3.8, 4) is 0 Å². The molecule has 0 aliphatic carbocycles. The lowest BCUT2D eigenvalue weighted by Gasteiger charge is -2.18. The van der Waals surface area contributed by atoms with Crippen molar-refractivity contribution in [1.82, 2.24) is 9.88 Å². The zero-order valence-electron chi connectivity index (χ0n) is 10.8. The van der Waals surface area contributed by atoms with Gasteiger partial charge in [0, 0.05) is 42.8 Å². The van der Waals surface area contributed by atoms with Gasteiger partial charge in [-0.2, -0.15) is 0 Å². The van der Waals surface area contributed by atoms with E-state index in [0.717, 1.165) is 13.1 Å². The fraction of sp³-hybridized carbons (Fsp3) is 0.429. The first kappa shape index (κ1) is 12.1. The number of nitrogens with one attached hydrogen (secondary N) is 1. The van der Waals surface area contributed by atoms with Crippen molar-refractivity contribution in [1.29, 1.82) is 0 Å². The molecule has 17 heavy (non-hydrogen) atoms. The first-order valence-electron chi connectivity index (χ1n) is 6.00. The van der Waals surface area contributed by atoms with Gasteiger partial charge in [0.2, 0.25) is 0 Å². The molecule has 1 aromatic carbocycles. The molecule has 0 saturated heterocycles. The number of para-hydroxylation sites is 1. The molecule has 0 unspecified atom stereocenters. The molecular formula is C14H21N3. The van der Waals surface area contributed by atoms with E-state index in [1.807, 2.05) is 13.8 Å². The van der Waals surface area contributed by atoms with Gasteiger partial charge in [-0.15, -0.1) is 0 Å². The van der Waals surface area contributed by atoms with Gasteiger partial charge in [0.25, 0.3) is 0 Å². The van der Waals surface area contributed by atoms with Crippen LogP contribution in [-0.2, 0) is 13.6 Å². The molecule has 2 rings (SSSR count). The molecule has 0 aliphatic rings. The molecule has 0 bridgehead atoms. The molecule has 0 radical (unpaired) electrons. The predicted octanol–water partition coefficient (Wildman–Crippen LogP) is 2.01. The Balaban J connectivity index is 2.14. The lowest BCUT2D eigenvalue weighted by atomic mass is 10.1. The van der Waals surface area contributed by atoms with Gasteiger partial charge >= 0.3 is 0 Å². The number of hydrogen-bond acceptors (Lipinski definition) is 2. The minimum absolute atomic E-state index is 0.162. The molecule has 2 aromatic rings. The van der Waals surface area contributed by atoms with Gasteiger partial charge in [-0.05, 0) is 25.5 Å². The minimum atomic E-state index is -0.162. The molecule has 1 heterocycles. The summed E-state index contributed by atoms with van der Waals surface area (Å²) in [5.41, 5.74) is 8.39. The van der Waals surface area contributed by atoms with Crippen molar-refractivity contribution < 1.29 is 0 Å². The highest BCUT2D eigenvalue weighted by Gasteiger charge is 2.10. The summed E-state index contributed by atoms with van der Waals surface area (Å²) in [7, 11) is 2.08. The smallest absolute Gasteiger partial charge is 0.0481 e. The van der Waals surface area contributed by atoms with E-state index in [0.29, 0.717) is 0 Å². The molecule has 1 aromatic heterocycles. The third-order valence-corrected chi connectivity index (χ3v) is 2.88. The highest BCUT2D eigenvalue weighted by molar-refractivity contribution is 5.83.